The molecule has 0 bridgehead atoms. The van der Waals surface area contributed by atoms with Crippen LogP contribution in [0.1, 0.15) is 24.8 Å². The summed E-state index contributed by atoms with van der Waals surface area (Å²) in [6, 6.07) is 8.58. The molecule has 0 atom stereocenters. The van der Waals surface area contributed by atoms with E-state index < -0.39 is 0 Å². The molecule has 0 spiro atoms. The highest BCUT2D eigenvalue weighted by molar-refractivity contribution is 5.42. The molecule has 0 amide bonds. The van der Waals surface area contributed by atoms with Gasteiger partial charge in [-0.05, 0) is 31.4 Å². The van der Waals surface area contributed by atoms with Crippen molar-refractivity contribution in [1.29, 1.82) is 0 Å². The Bertz CT molecular complexity index is 596. The van der Waals surface area contributed by atoms with E-state index in [1.807, 2.05) is 12.1 Å². The highest BCUT2D eigenvalue weighted by atomic mass is 19.1. The van der Waals surface area contributed by atoms with Gasteiger partial charge < -0.3 is 10.2 Å². The highest BCUT2D eigenvalue weighted by Gasteiger charge is 2.13. The van der Waals surface area contributed by atoms with E-state index in [2.05, 4.69) is 20.2 Å². The zero-order chi connectivity index (χ0) is 14.5. The lowest BCUT2D eigenvalue weighted by Gasteiger charge is -2.26. The van der Waals surface area contributed by atoms with Crippen molar-refractivity contribution in [3.05, 3.63) is 47.9 Å². The second-order valence-corrected chi connectivity index (χ2v) is 5.23. The quantitative estimate of drug-likeness (QED) is 0.937. The molecule has 1 N–H and O–H groups in total. The number of piperidine rings is 1. The van der Waals surface area contributed by atoms with E-state index in [1.54, 1.807) is 18.3 Å². The third-order valence-electron chi connectivity index (χ3n) is 3.70. The van der Waals surface area contributed by atoms with Gasteiger partial charge in [-0.2, -0.15) is 4.98 Å². The summed E-state index contributed by atoms with van der Waals surface area (Å²) in [5, 5.41) is 3.16. The van der Waals surface area contributed by atoms with Crippen LogP contribution in [0.2, 0.25) is 0 Å². The van der Waals surface area contributed by atoms with Crippen LogP contribution < -0.4 is 10.2 Å². The first-order valence-electron chi connectivity index (χ1n) is 7.38. The van der Waals surface area contributed by atoms with Crippen molar-refractivity contribution in [2.24, 2.45) is 0 Å². The molecule has 1 saturated heterocycles. The molecule has 0 unspecified atom stereocenters. The molecular formula is C16H19FN4. The van der Waals surface area contributed by atoms with Crippen molar-refractivity contribution in [2.75, 3.05) is 23.3 Å². The number of hydrogen-bond acceptors (Lipinski definition) is 4. The highest BCUT2D eigenvalue weighted by Crippen LogP contribution is 2.17. The summed E-state index contributed by atoms with van der Waals surface area (Å²) in [5.41, 5.74) is 0.635. The van der Waals surface area contributed by atoms with Crippen molar-refractivity contribution < 1.29 is 4.39 Å². The van der Waals surface area contributed by atoms with E-state index in [1.165, 1.54) is 25.3 Å². The monoisotopic (exact) mass is 286 g/mol. The van der Waals surface area contributed by atoms with E-state index in [4.69, 9.17) is 0 Å². The van der Waals surface area contributed by atoms with Gasteiger partial charge in [-0.1, -0.05) is 18.2 Å². The molecule has 110 valence electrons. The minimum absolute atomic E-state index is 0.199. The Morgan fingerprint density at radius 3 is 2.71 bits per heavy atom. The molecule has 0 saturated carbocycles. The predicted octanol–water partition coefficient (Wildman–Crippen LogP) is 3.22. The lowest BCUT2D eigenvalue weighted by molar-refractivity contribution is 0.568. The molecule has 3 rings (SSSR count). The van der Waals surface area contributed by atoms with Gasteiger partial charge in [0.2, 0.25) is 5.95 Å². The Labute approximate surface area is 124 Å². The molecular weight excluding hydrogens is 267 g/mol. The Kier molecular flexibility index (Phi) is 4.28. The first kappa shape index (κ1) is 13.8. The SMILES string of the molecule is Fc1ccccc1CNc1ccnc(N2CCCCC2)n1. The van der Waals surface area contributed by atoms with Crippen molar-refractivity contribution in [2.45, 2.75) is 25.8 Å². The fraction of sp³-hybridized carbons (Fsp3) is 0.375. The summed E-state index contributed by atoms with van der Waals surface area (Å²) in [6.45, 7) is 2.44. The van der Waals surface area contributed by atoms with E-state index in [9.17, 15) is 4.39 Å². The van der Waals surface area contributed by atoms with Crippen LogP contribution in [0.3, 0.4) is 0 Å². The third kappa shape index (κ3) is 3.48. The van der Waals surface area contributed by atoms with Gasteiger partial charge in [0.15, 0.2) is 0 Å². The number of halogens is 1. The van der Waals surface area contributed by atoms with Gasteiger partial charge in [-0.3, -0.25) is 0 Å². The normalized spacial score (nSPS) is 15.0. The number of benzene rings is 1. The van der Waals surface area contributed by atoms with Crippen LogP contribution in [-0.2, 0) is 6.54 Å². The molecule has 1 aromatic carbocycles. The number of nitrogens with one attached hydrogen (secondary N) is 1. The molecule has 5 heteroatoms. The van der Waals surface area contributed by atoms with Crippen molar-refractivity contribution in [3.63, 3.8) is 0 Å². The van der Waals surface area contributed by atoms with Crippen LogP contribution >= 0.6 is 0 Å². The summed E-state index contributed by atoms with van der Waals surface area (Å²) in [5.74, 6) is 1.29. The lowest BCUT2D eigenvalue weighted by Crippen LogP contribution is -2.31. The van der Waals surface area contributed by atoms with E-state index in [0.29, 0.717) is 12.1 Å². The minimum Gasteiger partial charge on any atom is -0.366 e. The van der Waals surface area contributed by atoms with Gasteiger partial charge in [0.1, 0.15) is 11.6 Å². The van der Waals surface area contributed by atoms with Crippen molar-refractivity contribution in [1.82, 2.24) is 9.97 Å². The second-order valence-electron chi connectivity index (χ2n) is 5.23. The fourth-order valence-corrected chi connectivity index (χ4v) is 2.52. The van der Waals surface area contributed by atoms with Crippen LogP contribution in [-0.4, -0.2) is 23.1 Å². The van der Waals surface area contributed by atoms with Crippen molar-refractivity contribution >= 4 is 11.8 Å². The Morgan fingerprint density at radius 2 is 1.90 bits per heavy atom. The molecule has 21 heavy (non-hydrogen) atoms. The smallest absolute Gasteiger partial charge is 0.227 e. The number of hydrogen-bond donors (Lipinski definition) is 1. The van der Waals surface area contributed by atoms with Gasteiger partial charge in [-0.15, -0.1) is 0 Å². The predicted molar refractivity (Wildman–Crippen MR) is 81.8 cm³/mol. The average Bonchev–Trinajstić information content (AvgIpc) is 2.55. The van der Waals surface area contributed by atoms with Gasteiger partial charge in [-0.25, -0.2) is 9.37 Å². The summed E-state index contributed by atoms with van der Waals surface area (Å²) >= 11 is 0. The lowest BCUT2D eigenvalue weighted by atomic mass is 10.1. The molecule has 2 aromatic rings. The van der Waals surface area contributed by atoms with Crippen molar-refractivity contribution in [3.8, 4) is 0 Å². The number of anilines is 2. The maximum atomic E-state index is 13.6. The maximum absolute atomic E-state index is 13.6. The number of nitrogens with zero attached hydrogens (tertiary/aromatic N) is 3. The molecule has 1 aliphatic heterocycles. The molecule has 1 aromatic heterocycles. The molecule has 0 radical (unpaired) electrons. The van der Waals surface area contributed by atoms with Gasteiger partial charge >= 0.3 is 0 Å². The second kappa shape index (κ2) is 6.52. The summed E-state index contributed by atoms with van der Waals surface area (Å²) in [4.78, 5) is 11.1. The van der Waals surface area contributed by atoms with Crippen LogP contribution in [0.5, 0.6) is 0 Å². The summed E-state index contributed by atoms with van der Waals surface area (Å²) in [6.07, 6.45) is 5.41. The first-order chi connectivity index (χ1) is 10.3. The van der Waals surface area contributed by atoms with Gasteiger partial charge in [0, 0.05) is 31.4 Å². The van der Waals surface area contributed by atoms with Crippen LogP contribution in [0.25, 0.3) is 0 Å². The molecule has 4 nitrogen and oxygen atoms in total. The molecule has 2 heterocycles. The fourth-order valence-electron chi connectivity index (χ4n) is 2.52. The Morgan fingerprint density at radius 1 is 1.10 bits per heavy atom. The Hall–Kier alpha value is -2.17. The Balaban J connectivity index is 1.67. The maximum Gasteiger partial charge on any atom is 0.227 e. The number of aromatic nitrogens is 2. The average molecular weight is 286 g/mol. The topological polar surface area (TPSA) is 41.1 Å². The van der Waals surface area contributed by atoms with Crippen LogP contribution in [0.4, 0.5) is 16.2 Å². The number of rotatable bonds is 4. The zero-order valence-corrected chi connectivity index (χ0v) is 11.9. The zero-order valence-electron chi connectivity index (χ0n) is 11.9. The van der Waals surface area contributed by atoms with E-state index in [0.717, 1.165) is 24.9 Å². The standard InChI is InChI=1S/C16H19FN4/c17-14-7-3-2-6-13(14)12-19-15-8-9-18-16(20-15)21-10-4-1-5-11-21/h2-3,6-9H,1,4-5,10-12H2,(H,18,19,20). The van der Waals surface area contributed by atoms with Gasteiger partial charge in [0.05, 0.1) is 0 Å². The third-order valence-corrected chi connectivity index (χ3v) is 3.70. The van der Waals surface area contributed by atoms with Gasteiger partial charge in [0.25, 0.3) is 0 Å². The van der Waals surface area contributed by atoms with Crippen LogP contribution in [0.15, 0.2) is 36.5 Å². The van der Waals surface area contributed by atoms with E-state index >= 15 is 0 Å². The van der Waals surface area contributed by atoms with Crippen LogP contribution in [0, 0.1) is 5.82 Å². The molecule has 1 aliphatic rings. The largest absolute Gasteiger partial charge is 0.366 e. The molecule has 1 fully saturated rings. The summed E-state index contributed by atoms with van der Waals surface area (Å²) < 4.78 is 13.6. The molecule has 0 aliphatic carbocycles. The first-order valence-corrected chi connectivity index (χ1v) is 7.38. The minimum atomic E-state index is -0.199. The summed E-state index contributed by atoms with van der Waals surface area (Å²) in [7, 11) is 0. The van der Waals surface area contributed by atoms with E-state index in [-0.39, 0.29) is 5.82 Å².